The lowest BCUT2D eigenvalue weighted by atomic mass is 9.89. The van der Waals surface area contributed by atoms with Crippen LogP contribution in [0.4, 0.5) is 0 Å². The summed E-state index contributed by atoms with van der Waals surface area (Å²) in [5.41, 5.74) is 13.8. The second kappa shape index (κ2) is 6.84. The summed E-state index contributed by atoms with van der Waals surface area (Å²) in [4.78, 5) is 0. The first-order valence-corrected chi connectivity index (χ1v) is 15.7. The quantitative estimate of drug-likeness (QED) is 0.372. The van der Waals surface area contributed by atoms with Crippen molar-refractivity contribution in [2.24, 2.45) is 0 Å². The van der Waals surface area contributed by atoms with E-state index < -0.39 is 8.07 Å². The van der Waals surface area contributed by atoms with Crippen LogP contribution in [0.5, 0.6) is 0 Å². The maximum atomic E-state index is 3.73. The van der Waals surface area contributed by atoms with Gasteiger partial charge in [-0.25, -0.2) is 0 Å². The van der Waals surface area contributed by atoms with Crippen molar-refractivity contribution >= 4 is 35.8 Å². The molecule has 1 atom stereocenters. The SMILES string of the molecule is CC1=C([Si](C)(C)C2c3ccccc3-c3ccccc32)C2=CC3SC(Br)=CC3=C(C)C2=C1. The molecule has 0 aromatic heterocycles. The van der Waals surface area contributed by atoms with Crippen LogP contribution in [0.1, 0.15) is 30.5 Å². The van der Waals surface area contributed by atoms with Crippen molar-refractivity contribution in [3.05, 3.63) is 115 Å². The van der Waals surface area contributed by atoms with Crippen molar-refractivity contribution in [1.29, 1.82) is 0 Å². The van der Waals surface area contributed by atoms with E-state index in [1.807, 2.05) is 11.8 Å². The fourth-order valence-corrected chi connectivity index (χ4v) is 12.5. The number of thioether (sulfide) groups is 1. The zero-order valence-corrected chi connectivity index (χ0v) is 21.7. The molecule has 2 aromatic rings. The first kappa shape index (κ1) is 19.8. The van der Waals surface area contributed by atoms with Gasteiger partial charge in [0.2, 0.25) is 0 Å². The highest BCUT2D eigenvalue weighted by Gasteiger charge is 2.47. The maximum absolute atomic E-state index is 3.73. The minimum absolute atomic E-state index is 0.440. The van der Waals surface area contributed by atoms with Gasteiger partial charge in [0.25, 0.3) is 0 Å². The molecule has 0 nitrogen and oxygen atoms in total. The van der Waals surface area contributed by atoms with Crippen LogP contribution in [-0.2, 0) is 0 Å². The zero-order chi connectivity index (χ0) is 21.5. The number of benzene rings is 2. The molecule has 0 bridgehead atoms. The van der Waals surface area contributed by atoms with E-state index in [0.29, 0.717) is 10.8 Å². The van der Waals surface area contributed by atoms with Crippen LogP contribution in [0.25, 0.3) is 11.1 Å². The van der Waals surface area contributed by atoms with Crippen LogP contribution in [0.2, 0.25) is 13.1 Å². The van der Waals surface area contributed by atoms with Gasteiger partial charge >= 0.3 is 0 Å². The van der Waals surface area contributed by atoms with Gasteiger partial charge < -0.3 is 0 Å². The predicted octanol–water partition coefficient (Wildman–Crippen LogP) is 8.45. The van der Waals surface area contributed by atoms with E-state index in [1.165, 1.54) is 53.9 Å². The molecule has 3 heteroatoms. The molecule has 31 heavy (non-hydrogen) atoms. The fourth-order valence-electron chi connectivity index (χ4n) is 6.31. The zero-order valence-electron chi connectivity index (χ0n) is 18.3. The number of hydrogen-bond donors (Lipinski definition) is 0. The van der Waals surface area contributed by atoms with Gasteiger partial charge in [-0.1, -0.05) is 79.4 Å². The molecule has 4 aliphatic rings. The third-order valence-corrected chi connectivity index (χ3v) is 13.3. The van der Waals surface area contributed by atoms with Gasteiger partial charge in [0.15, 0.2) is 0 Å². The summed E-state index contributed by atoms with van der Waals surface area (Å²) in [5, 5.41) is 2.09. The average molecular weight is 502 g/mol. The standard InChI is InChI=1S/C28H25BrSSi/c1-16-13-22-17(2)23-15-26(29)30-25(23)14-24(22)27(16)31(3,4)28-20-11-7-5-9-18(20)19-10-6-8-12-21(19)28/h5-15,25,28H,1-4H3. The molecule has 0 spiro atoms. The normalized spacial score (nSPS) is 22.1. The molecule has 1 unspecified atom stereocenters. The van der Waals surface area contributed by atoms with Gasteiger partial charge in [-0.2, -0.15) is 0 Å². The van der Waals surface area contributed by atoms with E-state index >= 15 is 0 Å². The fraction of sp³-hybridized carbons (Fsp3) is 0.214. The minimum Gasteiger partial charge on any atom is -0.106 e. The van der Waals surface area contributed by atoms with Crippen LogP contribution >= 0.6 is 27.7 Å². The van der Waals surface area contributed by atoms with Gasteiger partial charge in [0, 0.05) is 5.54 Å². The third-order valence-electron chi connectivity index (χ3n) is 7.48. The lowest BCUT2D eigenvalue weighted by molar-refractivity contribution is 1.11. The predicted molar refractivity (Wildman–Crippen MR) is 141 cm³/mol. The summed E-state index contributed by atoms with van der Waals surface area (Å²) < 4.78 is 1.25. The molecule has 0 saturated carbocycles. The topological polar surface area (TPSA) is 0 Å². The van der Waals surface area contributed by atoms with E-state index in [-0.39, 0.29) is 0 Å². The van der Waals surface area contributed by atoms with Gasteiger partial charge in [0.05, 0.1) is 17.1 Å². The first-order valence-electron chi connectivity index (χ1n) is 11.0. The number of rotatable bonds is 2. The van der Waals surface area contributed by atoms with Crippen LogP contribution in [-0.4, -0.2) is 13.3 Å². The van der Waals surface area contributed by atoms with E-state index in [0.717, 1.165) is 0 Å². The summed E-state index contributed by atoms with van der Waals surface area (Å²) in [7, 11) is -1.90. The van der Waals surface area contributed by atoms with Crippen LogP contribution in [0.15, 0.2) is 104 Å². The Balaban J connectivity index is 1.51. The minimum atomic E-state index is -1.90. The molecule has 0 fully saturated rings. The summed E-state index contributed by atoms with van der Waals surface area (Å²) in [6.07, 6.45) is 7.33. The molecule has 1 aliphatic heterocycles. The molecule has 1 heterocycles. The van der Waals surface area contributed by atoms with E-state index in [4.69, 9.17) is 0 Å². The second-order valence-electron chi connectivity index (χ2n) is 9.59. The number of fused-ring (bicyclic) bond motifs is 5. The monoisotopic (exact) mass is 500 g/mol. The van der Waals surface area contributed by atoms with Crippen molar-refractivity contribution in [1.82, 2.24) is 0 Å². The van der Waals surface area contributed by atoms with Gasteiger partial charge in [-0.05, 0) is 85.6 Å². The Bertz CT molecular complexity index is 1270. The highest BCUT2D eigenvalue weighted by molar-refractivity contribution is 9.14. The molecular weight excluding hydrogens is 476 g/mol. The van der Waals surface area contributed by atoms with Crippen LogP contribution in [0, 0.1) is 0 Å². The number of hydrogen-bond acceptors (Lipinski definition) is 1. The van der Waals surface area contributed by atoms with Crippen molar-refractivity contribution in [3.8, 4) is 11.1 Å². The second-order valence-corrected chi connectivity index (χ2v) is 16.7. The molecule has 0 saturated heterocycles. The van der Waals surface area contributed by atoms with Gasteiger partial charge in [-0.3, -0.25) is 0 Å². The molecular formula is C28H25BrSSi. The third kappa shape index (κ3) is 2.73. The van der Waals surface area contributed by atoms with Gasteiger partial charge in [0.1, 0.15) is 0 Å². The molecule has 6 rings (SSSR count). The maximum Gasteiger partial charge on any atom is 0.0939 e. The molecule has 154 valence electrons. The smallest absolute Gasteiger partial charge is 0.0939 e. The molecule has 0 N–H and O–H groups in total. The summed E-state index contributed by atoms with van der Waals surface area (Å²) in [6, 6.07) is 18.2. The van der Waals surface area contributed by atoms with E-state index in [1.54, 1.807) is 5.20 Å². The largest absolute Gasteiger partial charge is 0.106 e. The van der Waals surface area contributed by atoms with Crippen molar-refractivity contribution in [2.75, 3.05) is 0 Å². The molecule has 0 radical (unpaired) electrons. The van der Waals surface area contributed by atoms with Crippen molar-refractivity contribution < 1.29 is 0 Å². The molecule has 0 amide bonds. The number of halogens is 1. The molecule has 3 aliphatic carbocycles. The van der Waals surface area contributed by atoms with Crippen LogP contribution < -0.4 is 0 Å². The highest BCUT2D eigenvalue weighted by atomic mass is 79.9. The van der Waals surface area contributed by atoms with Gasteiger partial charge in [-0.15, -0.1) is 11.8 Å². The summed E-state index contributed by atoms with van der Waals surface area (Å²) in [5.74, 6) is 0. The molecule has 2 aromatic carbocycles. The Kier molecular flexibility index (Phi) is 4.38. The van der Waals surface area contributed by atoms with Crippen molar-refractivity contribution in [2.45, 2.75) is 37.7 Å². The Morgan fingerprint density at radius 3 is 2.10 bits per heavy atom. The van der Waals surface area contributed by atoms with E-state index in [2.05, 4.69) is 110 Å². The van der Waals surface area contributed by atoms with E-state index in [9.17, 15) is 0 Å². The average Bonchev–Trinajstić information content (AvgIpc) is 3.39. The number of allylic oxidation sites excluding steroid dienone is 7. The Morgan fingerprint density at radius 1 is 0.839 bits per heavy atom. The first-order chi connectivity index (χ1) is 14.9. The lowest BCUT2D eigenvalue weighted by Gasteiger charge is -2.36. The Hall–Kier alpha value is -1.81. The van der Waals surface area contributed by atoms with Crippen LogP contribution in [0.3, 0.4) is 0 Å². The summed E-state index contributed by atoms with van der Waals surface area (Å²) in [6.45, 7) is 9.85. The Labute approximate surface area is 198 Å². The summed E-state index contributed by atoms with van der Waals surface area (Å²) >= 11 is 5.66. The van der Waals surface area contributed by atoms with Crippen molar-refractivity contribution in [3.63, 3.8) is 0 Å². The lowest BCUT2D eigenvalue weighted by Crippen LogP contribution is -2.39. The Morgan fingerprint density at radius 2 is 1.45 bits per heavy atom. The highest BCUT2D eigenvalue weighted by Crippen LogP contribution is 2.56.